The lowest BCUT2D eigenvalue weighted by Gasteiger charge is -2.26. The lowest BCUT2D eigenvalue weighted by Crippen LogP contribution is -2.31. The van der Waals surface area contributed by atoms with Gasteiger partial charge in [-0.05, 0) is 60.7 Å². The molecule has 0 spiro atoms. The highest BCUT2D eigenvalue weighted by molar-refractivity contribution is 7.92. The Hall–Kier alpha value is -2.83. The second-order valence-corrected chi connectivity index (χ2v) is 9.32. The third-order valence-electron chi connectivity index (χ3n) is 5.19. The van der Waals surface area contributed by atoms with E-state index in [1.807, 2.05) is 18.2 Å². The summed E-state index contributed by atoms with van der Waals surface area (Å²) >= 11 is 6.32. The van der Waals surface area contributed by atoms with Crippen LogP contribution in [-0.2, 0) is 16.4 Å². The van der Waals surface area contributed by atoms with Crippen LogP contribution in [-0.4, -0.2) is 14.3 Å². The second kappa shape index (κ2) is 8.50. The van der Waals surface area contributed by atoms with Crippen LogP contribution in [0.15, 0.2) is 77.7 Å². The average Bonchev–Trinajstić information content (AvgIpc) is 2.74. The van der Waals surface area contributed by atoms with Gasteiger partial charge in [0.15, 0.2) is 0 Å². The number of anilines is 1. The van der Waals surface area contributed by atoms with Gasteiger partial charge in [-0.3, -0.25) is 9.52 Å². The van der Waals surface area contributed by atoms with E-state index in [1.165, 1.54) is 35.9 Å². The van der Waals surface area contributed by atoms with Gasteiger partial charge in [-0.25, -0.2) is 8.42 Å². The highest BCUT2D eigenvalue weighted by Gasteiger charge is 2.23. The Kier molecular flexibility index (Phi) is 5.79. The van der Waals surface area contributed by atoms with E-state index in [0.29, 0.717) is 11.3 Å². The van der Waals surface area contributed by atoms with Crippen LogP contribution in [0, 0.1) is 0 Å². The molecule has 154 valence electrons. The van der Waals surface area contributed by atoms with Gasteiger partial charge in [0, 0.05) is 0 Å². The quantitative estimate of drug-likeness (QED) is 0.589. The van der Waals surface area contributed by atoms with E-state index in [2.05, 4.69) is 16.1 Å². The first-order valence-electron chi connectivity index (χ1n) is 9.70. The monoisotopic (exact) mass is 440 g/mol. The Morgan fingerprint density at radius 1 is 0.967 bits per heavy atom. The molecule has 7 heteroatoms. The molecule has 0 heterocycles. The molecule has 0 saturated carbocycles. The summed E-state index contributed by atoms with van der Waals surface area (Å²) in [6, 6.07) is 20.6. The number of amides is 1. The second-order valence-electron chi connectivity index (χ2n) is 7.23. The number of benzene rings is 3. The molecule has 1 aliphatic carbocycles. The molecular weight excluding hydrogens is 420 g/mol. The van der Waals surface area contributed by atoms with Gasteiger partial charge in [0.25, 0.3) is 15.9 Å². The number of sulfonamides is 1. The fourth-order valence-corrected chi connectivity index (χ4v) is 5.05. The first-order chi connectivity index (χ1) is 14.4. The van der Waals surface area contributed by atoms with Crippen LogP contribution in [0.25, 0.3) is 0 Å². The zero-order valence-corrected chi connectivity index (χ0v) is 17.7. The number of carbonyl (C=O) groups excluding carboxylic acids is 1. The lowest BCUT2D eigenvalue weighted by atomic mass is 9.87. The van der Waals surface area contributed by atoms with Crippen molar-refractivity contribution in [2.75, 3.05) is 4.72 Å². The fraction of sp³-hybridized carbons (Fsp3) is 0.174. The number of halogens is 1. The molecule has 0 unspecified atom stereocenters. The average molecular weight is 441 g/mol. The van der Waals surface area contributed by atoms with Crippen molar-refractivity contribution in [1.82, 2.24) is 5.32 Å². The van der Waals surface area contributed by atoms with Crippen molar-refractivity contribution in [2.45, 2.75) is 30.2 Å². The van der Waals surface area contributed by atoms with Gasteiger partial charge in [-0.15, -0.1) is 0 Å². The van der Waals surface area contributed by atoms with Crippen LogP contribution in [0.2, 0.25) is 5.02 Å². The summed E-state index contributed by atoms with van der Waals surface area (Å²) in [7, 11) is -3.73. The predicted molar refractivity (Wildman–Crippen MR) is 118 cm³/mol. The summed E-state index contributed by atoms with van der Waals surface area (Å²) < 4.78 is 27.4. The largest absolute Gasteiger partial charge is 0.345 e. The molecule has 0 fully saturated rings. The van der Waals surface area contributed by atoms with E-state index in [0.717, 1.165) is 24.8 Å². The van der Waals surface area contributed by atoms with E-state index in [9.17, 15) is 13.2 Å². The van der Waals surface area contributed by atoms with Gasteiger partial charge >= 0.3 is 0 Å². The van der Waals surface area contributed by atoms with Crippen LogP contribution >= 0.6 is 11.6 Å². The highest BCUT2D eigenvalue weighted by Crippen LogP contribution is 2.30. The van der Waals surface area contributed by atoms with E-state index >= 15 is 0 Å². The molecule has 1 atom stereocenters. The summed E-state index contributed by atoms with van der Waals surface area (Å²) in [5.41, 5.74) is 3.00. The Bertz CT molecular complexity index is 1180. The van der Waals surface area contributed by atoms with Crippen molar-refractivity contribution < 1.29 is 13.2 Å². The third-order valence-corrected chi connectivity index (χ3v) is 6.90. The minimum atomic E-state index is -3.73. The topological polar surface area (TPSA) is 75.3 Å². The Morgan fingerprint density at radius 2 is 1.70 bits per heavy atom. The third kappa shape index (κ3) is 4.35. The molecule has 5 nitrogen and oxygen atoms in total. The molecule has 0 bridgehead atoms. The normalized spacial score (nSPS) is 15.8. The molecule has 0 aliphatic heterocycles. The number of fused-ring (bicyclic) bond motifs is 1. The molecule has 0 aromatic heterocycles. The van der Waals surface area contributed by atoms with Gasteiger partial charge in [0.2, 0.25) is 0 Å². The molecule has 2 N–H and O–H groups in total. The number of hydrogen-bond acceptors (Lipinski definition) is 3. The molecule has 3 aromatic carbocycles. The Balaban J connectivity index is 1.51. The molecule has 0 saturated heterocycles. The van der Waals surface area contributed by atoms with Crippen LogP contribution in [0.3, 0.4) is 0 Å². The lowest BCUT2D eigenvalue weighted by molar-refractivity contribution is 0.0933. The fourth-order valence-electron chi connectivity index (χ4n) is 3.72. The van der Waals surface area contributed by atoms with E-state index in [-0.39, 0.29) is 21.9 Å². The molecule has 30 heavy (non-hydrogen) atoms. The van der Waals surface area contributed by atoms with Gasteiger partial charge in [0.1, 0.15) is 0 Å². The highest BCUT2D eigenvalue weighted by atomic mass is 35.5. The van der Waals surface area contributed by atoms with Crippen molar-refractivity contribution in [3.63, 3.8) is 0 Å². The molecule has 3 aromatic rings. The Morgan fingerprint density at radius 3 is 2.47 bits per heavy atom. The number of hydrogen-bond donors (Lipinski definition) is 2. The van der Waals surface area contributed by atoms with E-state index in [1.54, 1.807) is 18.2 Å². The predicted octanol–water partition coefficient (Wildman–Crippen LogP) is 4.95. The van der Waals surface area contributed by atoms with Crippen LogP contribution in [0.4, 0.5) is 5.69 Å². The zero-order valence-electron chi connectivity index (χ0n) is 16.1. The van der Waals surface area contributed by atoms with Crippen molar-refractivity contribution in [1.29, 1.82) is 0 Å². The molecule has 4 rings (SSSR count). The summed E-state index contributed by atoms with van der Waals surface area (Å²) in [4.78, 5) is 13.0. The van der Waals surface area contributed by atoms with Gasteiger partial charge in [-0.1, -0.05) is 54.1 Å². The maximum Gasteiger partial charge on any atom is 0.261 e. The summed E-state index contributed by atoms with van der Waals surface area (Å²) in [6.07, 6.45) is 2.89. The SMILES string of the molecule is O=C(N[C@@H]1CCCc2ccccc21)c1ccc(NS(=O)(=O)c2ccccc2)cc1Cl. The van der Waals surface area contributed by atoms with Gasteiger partial charge < -0.3 is 5.32 Å². The molecule has 1 aliphatic rings. The standard InChI is InChI=1S/C23H21ClN2O3S/c24-21-15-17(26-30(28,29)18-9-2-1-3-10-18)13-14-20(21)23(27)25-22-12-6-8-16-7-4-5-11-19(16)22/h1-5,7,9-11,13-15,22,26H,6,8,12H2,(H,25,27)/t22-/m1/s1. The summed E-state index contributed by atoms with van der Waals surface area (Å²) in [6.45, 7) is 0. The van der Waals surface area contributed by atoms with Crippen LogP contribution in [0.5, 0.6) is 0 Å². The molecular formula is C23H21ClN2O3S. The molecule has 1 amide bonds. The Labute approximate surface area is 181 Å². The number of carbonyl (C=O) groups is 1. The number of nitrogens with one attached hydrogen (secondary N) is 2. The van der Waals surface area contributed by atoms with Crippen molar-refractivity contribution in [2.24, 2.45) is 0 Å². The van der Waals surface area contributed by atoms with Crippen molar-refractivity contribution in [3.05, 3.63) is 94.5 Å². The van der Waals surface area contributed by atoms with Crippen molar-refractivity contribution in [3.8, 4) is 0 Å². The number of rotatable bonds is 5. The summed E-state index contributed by atoms with van der Waals surface area (Å²) in [5.74, 6) is -0.279. The minimum absolute atomic E-state index is 0.0604. The zero-order chi connectivity index (χ0) is 21.1. The van der Waals surface area contributed by atoms with Gasteiger partial charge in [0.05, 0.1) is 27.2 Å². The van der Waals surface area contributed by atoms with Crippen LogP contribution < -0.4 is 10.0 Å². The minimum Gasteiger partial charge on any atom is -0.345 e. The number of aryl methyl sites for hydroxylation is 1. The summed E-state index contributed by atoms with van der Waals surface area (Å²) in [5, 5.41) is 3.25. The van der Waals surface area contributed by atoms with Crippen molar-refractivity contribution >= 4 is 33.2 Å². The maximum absolute atomic E-state index is 12.8. The first kappa shape index (κ1) is 20.4. The van der Waals surface area contributed by atoms with Crippen LogP contribution in [0.1, 0.15) is 40.4 Å². The molecule has 0 radical (unpaired) electrons. The smallest absolute Gasteiger partial charge is 0.261 e. The van der Waals surface area contributed by atoms with E-state index < -0.39 is 10.0 Å². The van der Waals surface area contributed by atoms with Gasteiger partial charge in [-0.2, -0.15) is 0 Å². The maximum atomic E-state index is 12.8. The first-order valence-corrected chi connectivity index (χ1v) is 11.6. The van der Waals surface area contributed by atoms with E-state index in [4.69, 9.17) is 11.6 Å².